The maximum absolute atomic E-state index is 9.75. The van der Waals surface area contributed by atoms with Crippen molar-refractivity contribution in [1.82, 2.24) is 0 Å². The van der Waals surface area contributed by atoms with Gasteiger partial charge in [-0.15, -0.1) is 0 Å². The lowest BCUT2D eigenvalue weighted by Gasteiger charge is -2.09. The smallest absolute Gasteiger partial charge is 0.123 e. The van der Waals surface area contributed by atoms with Crippen LogP contribution in [-0.2, 0) is 0 Å². The third-order valence-corrected chi connectivity index (χ3v) is 2.86. The molecular formula is C13H13O. The molecule has 2 aromatic carbocycles. The Balaban J connectivity index is 2.99. The molecule has 1 radical (unpaired) electrons. The molecule has 0 amide bonds. The van der Waals surface area contributed by atoms with Gasteiger partial charge in [0.15, 0.2) is 0 Å². The van der Waals surface area contributed by atoms with Gasteiger partial charge in [0.25, 0.3) is 0 Å². The SMILES string of the molecule is Cc1[c]c2cccc(O)c2c(C)c1C. The Kier molecular flexibility index (Phi) is 1.95. The van der Waals surface area contributed by atoms with Gasteiger partial charge in [-0.3, -0.25) is 0 Å². The summed E-state index contributed by atoms with van der Waals surface area (Å²) in [5, 5.41) is 11.7. The highest BCUT2D eigenvalue weighted by molar-refractivity contribution is 5.92. The van der Waals surface area contributed by atoms with Crippen LogP contribution < -0.4 is 0 Å². The van der Waals surface area contributed by atoms with E-state index >= 15 is 0 Å². The van der Waals surface area contributed by atoms with Crippen molar-refractivity contribution in [1.29, 1.82) is 0 Å². The van der Waals surface area contributed by atoms with E-state index in [4.69, 9.17) is 0 Å². The molecule has 0 aliphatic heterocycles. The number of hydrogen-bond donors (Lipinski definition) is 1. The largest absolute Gasteiger partial charge is 0.507 e. The fourth-order valence-corrected chi connectivity index (χ4v) is 1.80. The lowest BCUT2D eigenvalue weighted by atomic mass is 9.96. The van der Waals surface area contributed by atoms with Crippen molar-refractivity contribution >= 4 is 10.8 Å². The fourth-order valence-electron chi connectivity index (χ4n) is 1.80. The van der Waals surface area contributed by atoms with E-state index < -0.39 is 0 Å². The number of rotatable bonds is 0. The molecule has 1 heteroatoms. The predicted octanol–water partition coefficient (Wildman–Crippen LogP) is 3.27. The molecule has 0 spiro atoms. The summed E-state index contributed by atoms with van der Waals surface area (Å²) in [6.45, 7) is 6.15. The Hall–Kier alpha value is -1.50. The first-order valence-electron chi connectivity index (χ1n) is 4.72. The van der Waals surface area contributed by atoms with E-state index in [1.807, 2.05) is 26.0 Å². The highest BCUT2D eigenvalue weighted by atomic mass is 16.3. The number of hydrogen-bond acceptors (Lipinski definition) is 1. The van der Waals surface area contributed by atoms with Crippen LogP contribution in [0.1, 0.15) is 16.7 Å². The van der Waals surface area contributed by atoms with Crippen LogP contribution >= 0.6 is 0 Å². The molecule has 0 bridgehead atoms. The van der Waals surface area contributed by atoms with E-state index in [-0.39, 0.29) is 0 Å². The summed E-state index contributed by atoms with van der Waals surface area (Å²) in [5.74, 6) is 0.347. The zero-order valence-corrected chi connectivity index (χ0v) is 8.68. The first-order chi connectivity index (χ1) is 6.61. The van der Waals surface area contributed by atoms with E-state index in [1.165, 1.54) is 5.56 Å². The van der Waals surface area contributed by atoms with Gasteiger partial charge < -0.3 is 5.11 Å². The molecule has 0 atom stereocenters. The van der Waals surface area contributed by atoms with Crippen LogP contribution in [0.25, 0.3) is 10.8 Å². The van der Waals surface area contributed by atoms with Crippen LogP contribution in [0.15, 0.2) is 18.2 Å². The predicted molar refractivity (Wildman–Crippen MR) is 58.7 cm³/mol. The van der Waals surface area contributed by atoms with Gasteiger partial charge in [-0.1, -0.05) is 12.1 Å². The molecular weight excluding hydrogens is 172 g/mol. The van der Waals surface area contributed by atoms with Crippen molar-refractivity contribution in [2.24, 2.45) is 0 Å². The Morgan fingerprint density at radius 3 is 2.50 bits per heavy atom. The van der Waals surface area contributed by atoms with E-state index in [2.05, 4.69) is 13.0 Å². The normalized spacial score (nSPS) is 10.8. The van der Waals surface area contributed by atoms with Crippen molar-refractivity contribution < 1.29 is 5.11 Å². The number of aryl methyl sites for hydroxylation is 2. The van der Waals surface area contributed by atoms with Crippen LogP contribution in [0.2, 0.25) is 0 Å². The maximum Gasteiger partial charge on any atom is 0.123 e. The summed E-state index contributed by atoms with van der Waals surface area (Å²) in [6, 6.07) is 8.83. The molecule has 0 unspecified atom stereocenters. The molecule has 2 aromatic rings. The molecule has 0 saturated carbocycles. The van der Waals surface area contributed by atoms with E-state index in [1.54, 1.807) is 6.07 Å². The summed E-state index contributed by atoms with van der Waals surface area (Å²) in [4.78, 5) is 0. The summed E-state index contributed by atoms with van der Waals surface area (Å²) in [7, 11) is 0. The van der Waals surface area contributed by atoms with Gasteiger partial charge in [-0.05, 0) is 55.0 Å². The fraction of sp³-hybridized carbons (Fsp3) is 0.231. The first-order valence-corrected chi connectivity index (χ1v) is 4.72. The molecule has 1 N–H and O–H groups in total. The number of fused-ring (bicyclic) bond motifs is 1. The Morgan fingerprint density at radius 2 is 1.79 bits per heavy atom. The molecule has 1 nitrogen and oxygen atoms in total. The van der Waals surface area contributed by atoms with Crippen molar-refractivity contribution in [3.05, 3.63) is 41.0 Å². The van der Waals surface area contributed by atoms with Gasteiger partial charge in [-0.25, -0.2) is 0 Å². The molecule has 0 aromatic heterocycles. The number of phenolic OH excluding ortho intramolecular Hbond substituents is 1. The van der Waals surface area contributed by atoms with E-state index in [0.29, 0.717) is 5.75 Å². The maximum atomic E-state index is 9.75. The number of phenols is 1. The molecule has 0 heterocycles. The molecule has 0 aliphatic rings. The molecule has 71 valence electrons. The molecule has 0 fully saturated rings. The van der Waals surface area contributed by atoms with Crippen molar-refractivity contribution in [2.45, 2.75) is 20.8 Å². The molecule has 0 aliphatic carbocycles. The van der Waals surface area contributed by atoms with Crippen molar-refractivity contribution in [3.8, 4) is 5.75 Å². The summed E-state index contributed by atoms with van der Waals surface area (Å²) >= 11 is 0. The van der Waals surface area contributed by atoms with Gasteiger partial charge in [0.05, 0.1) is 0 Å². The van der Waals surface area contributed by atoms with Crippen LogP contribution in [0.5, 0.6) is 5.75 Å². The van der Waals surface area contributed by atoms with Gasteiger partial charge in [0.2, 0.25) is 0 Å². The minimum atomic E-state index is 0.347. The minimum absolute atomic E-state index is 0.347. The minimum Gasteiger partial charge on any atom is -0.507 e. The van der Waals surface area contributed by atoms with Crippen LogP contribution in [0, 0.1) is 26.8 Å². The quantitative estimate of drug-likeness (QED) is 0.667. The summed E-state index contributed by atoms with van der Waals surface area (Å²) in [6.07, 6.45) is 0. The zero-order chi connectivity index (χ0) is 10.3. The van der Waals surface area contributed by atoms with Gasteiger partial charge in [0.1, 0.15) is 5.75 Å². The average molecular weight is 185 g/mol. The van der Waals surface area contributed by atoms with Gasteiger partial charge in [-0.2, -0.15) is 0 Å². The molecule has 2 rings (SSSR count). The monoisotopic (exact) mass is 185 g/mol. The highest BCUT2D eigenvalue weighted by Gasteiger charge is 2.07. The Bertz CT molecular complexity index is 498. The Labute approximate surface area is 84.0 Å². The molecule has 0 saturated heterocycles. The van der Waals surface area contributed by atoms with Crippen LogP contribution in [0.4, 0.5) is 0 Å². The third-order valence-electron chi connectivity index (χ3n) is 2.86. The van der Waals surface area contributed by atoms with Crippen molar-refractivity contribution in [2.75, 3.05) is 0 Å². The number of benzene rings is 2. The van der Waals surface area contributed by atoms with Gasteiger partial charge >= 0.3 is 0 Å². The Morgan fingerprint density at radius 1 is 1.07 bits per heavy atom. The summed E-state index contributed by atoms with van der Waals surface area (Å²) < 4.78 is 0. The second kappa shape index (κ2) is 3.02. The second-order valence-electron chi connectivity index (χ2n) is 3.70. The highest BCUT2D eigenvalue weighted by Crippen LogP contribution is 2.30. The van der Waals surface area contributed by atoms with E-state index in [0.717, 1.165) is 21.9 Å². The first kappa shape index (κ1) is 9.07. The lowest BCUT2D eigenvalue weighted by molar-refractivity contribution is 0.481. The second-order valence-corrected chi connectivity index (χ2v) is 3.70. The lowest BCUT2D eigenvalue weighted by Crippen LogP contribution is -1.89. The summed E-state index contributed by atoms with van der Waals surface area (Å²) in [5.41, 5.74) is 3.51. The third kappa shape index (κ3) is 1.17. The van der Waals surface area contributed by atoms with Crippen molar-refractivity contribution in [3.63, 3.8) is 0 Å². The standard InChI is InChI=1S/C13H13O/c1-8-7-11-5-4-6-12(14)13(11)10(3)9(8)2/h4-6,14H,1-3H3. The van der Waals surface area contributed by atoms with E-state index in [9.17, 15) is 5.11 Å². The topological polar surface area (TPSA) is 20.2 Å². The number of aromatic hydroxyl groups is 1. The zero-order valence-electron chi connectivity index (χ0n) is 8.68. The van der Waals surface area contributed by atoms with Crippen LogP contribution in [0.3, 0.4) is 0 Å². The molecule has 14 heavy (non-hydrogen) atoms. The van der Waals surface area contributed by atoms with Crippen LogP contribution in [-0.4, -0.2) is 5.11 Å². The average Bonchev–Trinajstić information content (AvgIpc) is 2.14. The van der Waals surface area contributed by atoms with Gasteiger partial charge in [0, 0.05) is 5.39 Å².